The predicted octanol–water partition coefficient (Wildman–Crippen LogP) is 5.57. The van der Waals surface area contributed by atoms with Crippen molar-refractivity contribution in [3.63, 3.8) is 0 Å². The number of hydrogen-bond donors (Lipinski definition) is 2. The third-order valence-electron chi connectivity index (χ3n) is 4.48. The molecule has 0 fully saturated rings. The first-order valence-corrected chi connectivity index (χ1v) is 10.7. The smallest absolute Gasteiger partial charge is 0.272 e. The number of non-ortho nitro benzene ring substituents is 1. The third-order valence-corrected chi connectivity index (χ3v) is 5.46. The van der Waals surface area contributed by atoms with Crippen LogP contribution < -0.4 is 15.4 Å². The van der Waals surface area contributed by atoms with Crippen LogP contribution >= 0.6 is 27.5 Å². The van der Waals surface area contributed by atoms with E-state index in [0.717, 1.165) is 6.07 Å². The van der Waals surface area contributed by atoms with Crippen LogP contribution in [0, 0.1) is 15.9 Å². The molecule has 34 heavy (non-hydrogen) atoms. The summed E-state index contributed by atoms with van der Waals surface area (Å²) in [4.78, 5) is 36.5. The molecular weight excluding hydrogens is 533 g/mol. The van der Waals surface area contributed by atoms with Crippen LogP contribution in [0.1, 0.15) is 15.9 Å². The van der Waals surface area contributed by atoms with Crippen LogP contribution in [0.2, 0.25) is 5.02 Å². The molecule has 8 nitrogen and oxygen atoms in total. The summed E-state index contributed by atoms with van der Waals surface area (Å²) < 4.78 is 19.1. The standard InChI is InChI=1S/C23H16BrClFN3O5/c1-34-16-6-7-18(24)17(12-16)22(30)28-21(10-13-3-2-4-15(9-13)29(32)33)23(31)27-14-5-8-20(26)19(25)11-14/h2-12H,1H3,(H,27,31)(H,28,30). The molecular formula is C23H16BrClFN3O5. The maximum atomic E-state index is 13.5. The summed E-state index contributed by atoms with van der Waals surface area (Å²) in [5.41, 5.74) is 0.239. The highest BCUT2D eigenvalue weighted by Gasteiger charge is 2.18. The van der Waals surface area contributed by atoms with E-state index in [1.165, 1.54) is 55.7 Å². The zero-order valence-corrected chi connectivity index (χ0v) is 19.8. The SMILES string of the molecule is COc1ccc(Br)c(C(=O)NC(=Cc2cccc([N+](=O)[O-])c2)C(=O)Nc2ccc(F)c(Cl)c2)c1. The molecule has 0 aliphatic carbocycles. The lowest BCUT2D eigenvalue weighted by molar-refractivity contribution is -0.384. The number of nitro groups is 1. The number of carbonyl (C=O) groups excluding carboxylic acids is 2. The summed E-state index contributed by atoms with van der Waals surface area (Å²) in [5, 5.41) is 15.9. The summed E-state index contributed by atoms with van der Waals surface area (Å²) >= 11 is 9.06. The number of ether oxygens (including phenoxy) is 1. The Balaban J connectivity index is 1.98. The fraction of sp³-hybridized carbons (Fsp3) is 0.0435. The van der Waals surface area contributed by atoms with E-state index in [9.17, 15) is 24.1 Å². The van der Waals surface area contributed by atoms with Gasteiger partial charge in [0.1, 0.15) is 17.3 Å². The Hall–Kier alpha value is -3.76. The Morgan fingerprint density at radius 3 is 2.59 bits per heavy atom. The minimum absolute atomic E-state index is 0.179. The van der Waals surface area contributed by atoms with E-state index >= 15 is 0 Å². The molecule has 2 N–H and O–H groups in total. The number of anilines is 1. The van der Waals surface area contributed by atoms with Crippen molar-refractivity contribution in [1.82, 2.24) is 5.32 Å². The van der Waals surface area contributed by atoms with Crippen molar-refractivity contribution in [3.05, 3.63) is 103 Å². The summed E-state index contributed by atoms with van der Waals surface area (Å²) in [7, 11) is 1.44. The van der Waals surface area contributed by atoms with Gasteiger partial charge < -0.3 is 15.4 Å². The van der Waals surface area contributed by atoms with E-state index in [2.05, 4.69) is 26.6 Å². The van der Waals surface area contributed by atoms with E-state index in [0.29, 0.717) is 15.8 Å². The predicted molar refractivity (Wildman–Crippen MR) is 129 cm³/mol. The van der Waals surface area contributed by atoms with Gasteiger partial charge in [-0.05, 0) is 64.0 Å². The average Bonchev–Trinajstić information content (AvgIpc) is 2.81. The number of halogens is 3. The molecule has 0 atom stereocenters. The van der Waals surface area contributed by atoms with Gasteiger partial charge in [-0.2, -0.15) is 0 Å². The first-order chi connectivity index (χ1) is 16.2. The first-order valence-electron chi connectivity index (χ1n) is 9.55. The molecule has 2 amide bonds. The highest BCUT2D eigenvalue weighted by atomic mass is 79.9. The maximum Gasteiger partial charge on any atom is 0.272 e. The molecule has 3 rings (SSSR count). The normalized spacial score (nSPS) is 11.0. The number of nitro benzene ring substituents is 1. The quantitative estimate of drug-likeness (QED) is 0.228. The van der Waals surface area contributed by atoms with Crippen molar-refractivity contribution in [3.8, 4) is 5.75 Å². The van der Waals surface area contributed by atoms with Gasteiger partial charge in [-0.1, -0.05) is 23.7 Å². The van der Waals surface area contributed by atoms with Crippen molar-refractivity contribution in [2.45, 2.75) is 0 Å². The van der Waals surface area contributed by atoms with Crippen molar-refractivity contribution >= 4 is 56.8 Å². The molecule has 0 saturated heterocycles. The zero-order valence-electron chi connectivity index (χ0n) is 17.5. The minimum atomic E-state index is -0.762. The van der Waals surface area contributed by atoms with Crippen molar-refractivity contribution in [1.29, 1.82) is 0 Å². The number of carbonyl (C=O) groups is 2. The second-order valence-electron chi connectivity index (χ2n) is 6.79. The third kappa shape index (κ3) is 6.18. The zero-order chi connectivity index (χ0) is 24.8. The van der Waals surface area contributed by atoms with Gasteiger partial charge in [0.25, 0.3) is 17.5 Å². The number of nitrogens with zero attached hydrogens (tertiary/aromatic N) is 1. The van der Waals surface area contributed by atoms with Crippen molar-refractivity contribution < 1.29 is 23.6 Å². The minimum Gasteiger partial charge on any atom is -0.497 e. The molecule has 0 aliphatic heterocycles. The van der Waals surface area contributed by atoms with Crippen LogP contribution in [-0.2, 0) is 4.79 Å². The van der Waals surface area contributed by atoms with E-state index in [-0.39, 0.29) is 27.7 Å². The number of methoxy groups -OCH3 is 1. The Bertz CT molecular complexity index is 1320. The van der Waals surface area contributed by atoms with Gasteiger partial charge in [0.2, 0.25) is 0 Å². The van der Waals surface area contributed by atoms with Crippen molar-refractivity contribution in [2.24, 2.45) is 0 Å². The van der Waals surface area contributed by atoms with Crippen molar-refractivity contribution in [2.75, 3.05) is 12.4 Å². The summed E-state index contributed by atoms with van der Waals surface area (Å²) in [5.74, 6) is -1.65. The maximum absolute atomic E-state index is 13.5. The van der Waals surface area contributed by atoms with Gasteiger partial charge in [0.15, 0.2) is 0 Å². The van der Waals surface area contributed by atoms with Crippen LogP contribution in [0.5, 0.6) is 5.75 Å². The number of amides is 2. The Morgan fingerprint density at radius 2 is 1.91 bits per heavy atom. The molecule has 174 valence electrons. The Morgan fingerprint density at radius 1 is 1.15 bits per heavy atom. The fourth-order valence-corrected chi connectivity index (χ4v) is 3.43. The number of benzene rings is 3. The number of rotatable bonds is 7. The first kappa shape index (κ1) is 24.9. The van der Waals surface area contributed by atoms with Gasteiger partial charge in [-0.3, -0.25) is 19.7 Å². The molecule has 0 heterocycles. The molecule has 0 aliphatic rings. The molecule has 0 spiro atoms. The van der Waals surface area contributed by atoms with Gasteiger partial charge in [-0.25, -0.2) is 4.39 Å². The average molecular weight is 549 g/mol. The van der Waals surface area contributed by atoms with Gasteiger partial charge in [-0.15, -0.1) is 0 Å². The van der Waals surface area contributed by atoms with Crippen LogP contribution in [0.15, 0.2) is 70.8 Å². The van der Waals surface area contributed by atoms with Crippen LogP contribution in [0.3, 0.4) is 0 Å². The van der Waals surface area contributed by atoms with E-state index in [1.54, 1.807) is 12.1 Å². The molecule has 11 heteroatoms. The van der Waals surface area contributed by atoms with Crippen LogP contribution in [0.25, 0.3) is 6.08 Å². The van der Waals surface area contributed by atoms with Gasteiger partial charge in [0, 0.05) is 22.3 Å². The van der Waals surface area contributed by atoms with Crippen LogP contribution in [0.4, 0.5) is 15.8 Å². The molecule has 3 aromatic carbocycles. The lowest BCUT2D eigenvalue weighted by Gasteiger charge is -2.13. The van der Waals surface area contributed by atoms with Gasteiger partial charge >= 0.3 is 0 Å². The molecule has 3 aromatic rings. The monoisotopic (exact) mass is 547 g/mol. The topological polar surface area (TPSA) is 111 Å². The molecule has 0 bridgehead atoms. The summed E-state index contributed by atoms with van der Waals surface area (Å²) in [6, 6.07) is 13.8. The molecule has 0 radical (unpaired) electrons. The molecule has 0 unspecified atom stereocenters. The van der Waals surface area contributed by atoms with Crippen LogP contribution in [-0.4, -0.2) is 23.8 Å². The largest absolute Gasteiger partial charge is 0.497 e. The second-order valence-corrected chi connectivity index (χ2v) is 8.05. The number of hydrogen-bond acceptors (Lipinski definition) is 5. The molecule has 0 aromatic heterocycles. The lowest BCUT2D eigenvalue weighted by atomic mass is 10.1. The highest BCUT2D eigenvalue weighted by Crippen LogP contribution is 2.24. The highest BCUT2D eigenvalue weighted by molar-refractivity contribution is 9.10. The Labute approximate surface area is 206 Å². The van der Waals surface area contributed by atoms with Gasteiger partial charge in [0.05, 0.1) is 22.6 Å². The van der Waals surface area contributed by atoms with E-state index < -0.39 is 22.6 Å². The van der Waals surface area contributed by atoms with E-state index in [1.807, 2.05) is 0 Å². The molecule has 0 saturated carbocycles. The van der Waals surface area contributed by atoms with E-state index in [4.69, 9.17) is 16.3 Å². The lowest BCUT2D eigenvalue weighted by Crippen LogP contribution is -2.31. The number of nitrogens with one attached hydrogen (secondary N) is 2. The summed E-state index contributed by atoms with van der Waals surface area (Å²) in [6.45, 7) is 0. The fourth-order valence-electron chi connectivity index (χ4n) is 2.82. The second kappa shape index (κ2) is 10.9. The summed E-state index contributed by atoms with van der Waals surface area (Å²) in [6.07, 6.45) is 1.28. The Kier molecular flexibility index (Phi) is 7.98.